The van der Waals surface area contributed by atoms with E-state index in [1.165, 1.54) is 12.1 Å². The third kappa shape index (κ3) is 7.04. The number of benzene rings is 1. The molecule has 0 saturated heterocycles. The minimum absolute atomic E-state index is 0.0299. The molecule has 0 bridgehead atoms. The first-order chi connectivity index (χ1) is 9.93. The Morgan fingerprint density at radius 1 is 1.19 bits per heavy atom. The number of nitrogens with two attached hydrogens (primary N) is 1. The van der Waals surface area contributed by atoms with Crippen molar-refractivity contribution in [1.29, 1.82) is 0 Å². The summed E-state index contributed by atoms with van der Waals surface area (Å²) in [6, 6.07) is 5.54. The van der Waals surface area contributed by atoms with Gasteiger partial charge in [0.25, 0.3) is 0 Å². The average molecular weight is 317 g/mol. The van der Waals surface area contributed by atoms with Crippen molar-refractivity contribution >= 4 is 16.1 Å². The number of hydrogen-bond acceptors (Lipinski definition) is 5. The molecule has 1 aromatic rings. The summed E-state index contributed by atoms with van der Waals surface area (Å²) in [5.74, 6) is 0. The van der Waals surface area contributed by atoms with E-state index in [4.69, 9.17) is 14.6 Å². The summed E-state index contributed by atoms with van der Waals surface area (Å²) in [7, 11) is -2.14. The molecule has 0 saturated carbocycles. The number of hydrogen-bond donors (Lipinski definition) is 3. The number of amides is 2. The molecule has 21 heavy (non-hydrogen) atoms. The third-order valence-corrected chi connectivity index (χ3v) is 3.40. The van der Waals surface area contributed by atoms with Gasteiger partial charge in [-0.15, -0.1) is 0 Å². The van der Waals surface area contributed by atoms with Crippen molar-refractivity contribution in [2.45, 2.75) is 11.4 Å². The summed E-state index contributed by atoms with van der Waals surface area (Å²) in [6.07, 6.45) is 0. The fourth-order valence-electron chi connectivity index (χ4n) is 1.37. The van der Waals surface area contributed by atoms with Crippen LogP contribution in [0.2, 0.25) is 0 Å². The van der Waals surface area contributed by atoms with Crippen LogP contribution in [0.4, 0.5) is 4.79 Å². The van der Waals surface area contributed by atoms with E-state index in [0.717, 1.165) is 5.56 Å². The molecule has 0 heterocycles. The number of rotatable bonds is 8. The van der Waals surface area contributed by atoms with Gasteiger partial charge in [0.15, 0.2) is 0 Å². The monoisotopic (exact) mass is 317 g/mol. The van der Waals surface area contributed by atoms with Crippen LogP contribution in [0.15, 0.2) is 29.2 Å². The summed E-state index contributed by atoms with van der Waals surface area (Å²) in [5, 5.41) is 10.1. The normalized spacial score (nSPS) is 11.1. The van der Waals surface area contributed by atoms with Gasteiger partial charge in [-0.1, -0.05) is 12.1 Å². The number of urea groups is 1. The second-order valence-corrected chi connectivity index (χ2v) is 5.66. The molecule has 1 aromatic carbocycles. The van der Waals surface area contributed by atoms with Gasteiger partial charge in [-0.3, -0.25) is 0 Å². The van der Waals surface area contributed by atoms with Crippen molar-refractivity contribution in [2.24, 2.45) is 5.14 Å². The lowest BCUT2D eigenvalue weighted by atomic mass is 10.2. The predicted octanol–water partition coefficient (Wildman–Crippen LogP) is -0.246. The SMILES string of the molecule is COCCOCNC(=O)NCc1ccc(S(N)(=O)=O)cc1. The lowest BCUT2D eigenvalue weighted by molar-refractivity contribution is 0.0642. The Labute approximate surface area is 123 Å². The maximum atomic E-state index is 11.4. The molecule has 0 fully saturated rings. The fourth-order valence-corrected chi connectivity index (χ4v) is 1.89. The molecule has 118 valence electrons. The molecule has 9 heteroatoms. The van der Waals surface area contributed by atoms with Crippen LogP contribution in [0.5, 0.6) is 0 Å². The standard InChI is InChI=1S/C12H19N3O5S/c1-19-6-7-20-9-15-12(16)14-8-10-2-4-11(5-3-10)21(13,17)18/h2-5H,6-9H2,1H3,(H2,13,17,18)(H2,14,15,16). The van der Waals surface area contributed by atoms with Crippen LogP contribution < -0.4 is 15.8 Å². The number of primary sulfonamides is 1. The first kappa shape index (κ1) is 17.4. The number of ether oxygens (including phenoxy) is 2. The Bertz CT molecular complexity index is 545. The molecule has 8 nitrogen and oxygen atoms in total. The summed E-state index contributed by atoms with van der Waals surface area (Å²) in [5.41, 5.74) is 0.748. The van der Waals surface area contributed by atoms with Crippen LogP contribution in [0.3, 0.4) is 0 Å². The molecule has 0 atom stereocenters. The Morgan fingerprint density at radius 2 is 1.86 bits per heavy atom. The Kier molecular flexibility index (Phi) is 7.09. The molecule has 0 unspecified atom stereocenters. The van der Waals surface area contributed by atoms with Crippen molar-refractivity contribution in [3.05, 3.63) is 29.8 Å². The molecular formula is C12H19N3O5S. The quantitative estimate of drug-likeness (QED) is 0.451. The molecule has 2 amide bonds. The Hall–Kier alpha value is -1.68. The number of nitrogens with one attached hydrogen (secondary N) is 2. The van der Waals surface area contributed by atoms with Crippen LogP contribution in [0.1, 0.15) is 5.56 Å². The molecule has 0 aliphatic carbocycles. The lowest BCUT2D eigenvalue weighted by Crippen LogP contribution is -2.36. The van der Waals surface area contributed by atoms with Gasteiger partial charge in [-0.25, -0.2) is 18.4 Å². The highest BCUT2D eigenvalue weighted by Crippen LogP contribution is 2.08. The van der Waals surface area contributed by atoms with Crippen LogP contribution >= 0.6 is 0 Å². The van der Waals surface area contributed by atoms with Gasteiger partial charge in [0, 0.05) is 13.7 Å². The van der Waals surface area contributed by atoms with Crippen LogP contribution in [0, 0.1) is 0 Å². The Balaban J connectivity index is 2.30. The van der Waals surface area contributed by atoms with Gasteiger partial charge >= 0.3 is 6.03 Å². The Morgan fingerprint density at radius 3 is 2.43 bits per heavy atom. The zero-order chi connectivity index (χ0) is 15.7. The maximum absolute atomic E-state index is 11.4. The van der Waals surface area contributed by atoms with Crippen LogP contribution in [-0.2, 0) is 26.0 Å². The number of methoxy groups -OCH3 is 1. The topological polar surface area (TPSA) is 120 Å². The first-order valence-electron chi connectivity index (χ1n) is 6.13. The van der Waals surface area contributed by atoms with Gasteiger partial charge < -0.3 is 20.1 Å². The van der Waals surface area contributed by atoms with E-state index >= 15 is 0 Å². The molecule has 0 radical (unpaired) electrons. The van der Waals surface area contributed by atoms with Gasteiger partial charge in [-0.2, -0.15) is 0 Å². The first-order valence-corrected chi connectivity index (χ1v) is 7.68. The van der Waals surface area contributed by atoms with E-state index in [-0.39, 0.29) is 24.2 Å². The van der Waals surface area contributed by atoms with Gasteiger partial charge in [0.05, 0.1) is 18.1 Å². The van der Waals surface area contributed by atoms with Crippen molar-refractivity contribution < 1.29 is 22.7 Å². The van der Waals surface area contributed by atoms with E-state index in [9.17, 15) is 13.2 Å². The van der Waals surface area contributed by atoms with E-state index in [0.29, 0.717) is 13.2 Å². The highest BCUT2D eigenvalue weighted by atomic mass is 32.2. The largest absolute Gasteiger partial charge is 0.382 e. The molecule has 0 aromatic heterocycles. The predicted molar refractivity (Wildman–Crippen MR) is 75.9 cm³/mol. The molecule has 0 spiro atoms. The summed E-state index contributed by atoms with van der Waals surface area (Å²) in [6.45, 7) is 1.19. The van der Waals surface area contributed by atoms with Crippen molar-refractivity contribution in [3.63, 3.8) is 0 Å². The van der Waals surface area contributed by atoms with Gasteiger partial charge in [0.1, 0.15) is 6.73 Å². The molecule has 4 N–H and O–H groups in total. The van der Waals surface area contributed by atoms with Crippen molar-refractivity contribution in [3.8, 4) is 0 Å². The van der Waals surface area contributed by atoms with Crippen molar-refractivity contribution in [2.75, 3.05) is 27.1 Å². The van der Waals surface area contributed by atoms with Gasteiger partial charge in [-0.05, 0) is 17.7 Å². The van der Waals surface area contributed by atoms with Crippen LogP contribution in [-0.4, -0.2) is 41.5 Å². The van der Waals surface area contributed by atoms with E-state index < -0.39 is 10.0 Å². The van der Waals surface area contributed by atoms with Crippen LogP contribution in [0.25, 0.3) is 0 Å². The van der Waals surface area contributed by atoms with E-state index in [2.05, 4.69) is 10.6 Å². The number of carbonyl (C=O) groups is 1. The minimum atomic E-state index is -3.70. The summed E-state index contributed by atoms with van der Waals surface area (Å²) < 4.78 is 32.0. The second kappa shape index (κ2) is 8.57. The highest BCUT2D eigenvalue weighted by Gasteiger charge is 2.07. The van der Waals surface area contributed by atoms with E-state index in [1.807, 2.05) is 0 Å². The second-order valence-electron chi connectivity index (χ2n) is 4.09. The zero-order valence-electron chi connectivity index (χ0n) is 11.7. The number of sulfonamides is 1. The number of carbonyl (C=O) groups excluding carboxylic acids is 1. The molecule has 0 aliphatic heterocycles. The van der Waals surface area contributed by atoms with Gasteiger partial charge in [0.2, 0.25) is 10.0 Å². The summed E-state index contributed by atoms with van der Waals surface area (Å²) in [4.78, 5) is 11.5. The molecule has 1 rings (SSSR count). The average Bonchev–Trinajstić information content (AvgIpc) is 2.44. The fraction of sp³-hybridized carbons (Fsp3) is 0.417. The molecule has 0 aliphatic rings. The van der Waals surface area contributed by atoms with E-state index in [1.54, 1.807) is 19.2 Å². The maximum Gasteiger partial charge on any atom is 0.316 e. The zero-order valence-corrected chi connectivity index (χ0v) is 12.5. The van der Waals surface area contributed by atoms with Crippen molar-refractivity contribution in [1.82, 2.24) is 10.6 Å². The lowest BCUT2D eigenvalue weighted by Gasteiger charge is -2.08. The highest BCUT2D eigenvalue weighted by molar-refractivity contribution is 7.89. The minimum Gasteiger partial charge on any atom is -0.382 e. The summed E-state index contributed by atoms with van der Waals surface area (Å²) >= 11 is 0. The molecular weight excluding hydrogens is 298 g/mol. The third-order valence-electron chi connectivity index (χ3n) is 2.47. The smallest absolute Gasteiger partial charge is 0.316 e.